The van der Waals surface area contributed by atoms with Gasteiger partial charge in [0.25, 0.3) is 11.8 Å². The average molecular weight is 427 g/mol. The summed E-state index contributed by atoms with van der Waals surface area (Å²) < 4.78 is 6.74. The van der Waals surface area contributed by atoms with Crippen LogP contribution in [0.15, 0.2) is 48.8 Å². The van der Waals surface area contributed by atoms with Crippen LogP contribution in [0.2, 0.25) is 0 Å². The normalized spacial score (nSPS) is 15.3. The first-order valence-corrected chi connectivity index (χ1v) is 9.08. The van der Waals surface area contributed by atoms with Crippen LogP contribution in [0, 0.1) is 10.1 Å². The Hall–Kier alpha value is -3.86. The molecule has 0 atom stereocenters. The van der Waals surface area contributed by atoms with Gasteiger partial charge in [-0.2, -0.15) is 5.10 Å². The van der Waals surface area contributed by atoms with Crippen molar-refractivity contribution < 1.29 is 19.2 Å². The van der Waals surface area contributed by atoms with Gasteiger partial charge in [0.15, 0.2) is 5.11 Å². The largest absolute Gasteiger partial charge is 0.496 e. The highest BCUT2D eigenvalue weighted by Crippen LogP contribution is 2.24. The van der Waals surface area contributed by atoms with Crippen LogP contribution in [0.4, 0.5) is 5.69 Å². The van der Waals surface area contributed by atoms with E-state index in [1.165, 1.54) is 35.0 Å². The molecule has 0 saturated carbocycles. The summed E-state index contributed by atoms with van der Waals surface area (Å²) >= 11 is 5.04. The molecule has 1 fully saturated rings. The molecule has 1 aromatic heterocycles. The highest BCUT2D eigenvalue weighted by atomic mass is 32.1. The number of hydrogen-bond acceptors (Lipinski definition) is 7. The van der Waals surface area contributed by atoms with Gasteiger partial charge < -0.3 is 4.74 Å². The van der Waals surface area contributed by atoms with E-state index in [0.29, 0.717) is 16.9 Å². The molecule has 1 N–H and O–H groups in total. The van der Waals surface area contributed by atoms with Crippen molar-refractivity contribution in [3.05, 3.63) is 70.1 Å². The van der Waals surface area contributed by atoms with Crippen molar-refractivity contribution in [2.24, 2.45) is 0 Å². The molecule has 1 aliphatic heterocycles. The number of ether oxygens (including phenoxy) is 1. The van der Waals surface area contributed by atoms with Crippen LogP contribution in [0.25, 0.3) is 6.08 Å². The standard InChI is InChI=1S/C19H17N5O5S/c1-3-6-23-18(26)15(17(25)21-19(23)30)8-12-4-5-16(29-2)13(7-12)10-22-11-14(9-20-22)24(27)28/h3-5,7-9,11H,1,6,10H2,2H3,(H,21,25,30). The third-order valence-electron chi connectivity index (χ3n) is 4.28. The summed E-state index contributed by atoms with van der Waals surface area (Å²) in [5.74, 6) is -0.585. The van der Waals surface area contributed by atoms with Crippen molar-refractivity contribution in [2.45, 2.75) is 6.54 Å². The Bertz CT molecular complexity index is 1090. The van der Waals surface area contributed by atoms with Gasteiger partial charge in [0.2, 0.25) is 0 Å². The summed E-state index contributed by atoms with van der Waals surface area (Å²) in [5.41, 5.74) is 1.02. The van der Waals surface area contributed by atoms with E-state index in [0.717, 1.165) is 6.20 Å². The third kappa shape index (κ3) is 4.25. The monoisotopic (exact) mass is 427 g/mol. The summed E-state index contributed by atoms with van der Waals surface area (Å²) in [7, 11) is 1.49. The van der Waals surface area contributed by atoms with Gasteiger partial charge in [-0.1, -0.05) is 12.1 Å². The zero-order valence-corrected chi connectivity index (χ0v) is 16.7. The van der Waals surface area contributed by atoms with E-state index in [9.17, 15) is 19.7 Å². The summed E-state index contributed by atoms with van der Waals surface area (Å²) in [4.78, 5) is 36.5. The van der Waals surface area contributed by atoms with E-state index in [2.05, 4.69) is 17.0 Å². The van der Waals surface area contributed by atoms with Crippen molar-refractivity contribution in [2.75, 3.05) is 13.7 Å². The molecule has 10 nitrogen and oxygen atoms in total. The Balaban J connectivity index is 1.94. The van der Waals surface area contributed by atoms with Gasteiger partial charge in [-0.05, 0) is 36.0 Å². The number of nitrogens with one attached hydrogen (secondary N) is 1. The lowest BCUT2D eigenvalue weighted by Gasteiger charge is -2.27. The number of aromatic nitrogens is 2. The zero-order valence-electron chi connectivity index (χ0n) is 15.9. The van der Waals surface area contributed by atoms with E-state index >= 15 is 0 Å². The number of amides is 2. The average Bonchev–Trinajstić information content (AvgIpc) is 3.17. The number of nitro groups is 1. The molecular weight excluding hydrogens is 410 g/mol. The van der Waals surface area contributed by atoms with Crippen LogP contribution in [0.5, 0.6) is 5.75 Å². The SMILES string of the molecule is C=CCN1C(=O)C(=Cc2ccc(OC)c(Cn3cc([N+](=O)[O-])cn3)c2)C(=O)NC1=S. The zero-order chi connectivity index (χ0) is 21.8. The fourth-order valence-electron chi connectivity index (χ4n) is 2.88. The number of nitrogens with zero attached hydrogens (tertiary/aromatic N) is 4. The number of thiocarbonyl (C=S) groups is 1. The molecule has 0 aliphatic carbocycles. The van der Waals surface area contributed by atoms with Crippen molar-refractivity contribution in [3.8, 4) is 5.75 Å². The molecule has 1 aliphatic rings. The molecule has 1 aromatic carbocycles. The van der Waals surface area contributed by atoms with Gasteiger partial charge in [-0.15, -0.1) is 6.58 Å². The van der Waals surface area contributed by atoms with Gasteiger partial charge in [0, 0.05) is 12.1 Å². The summed E-state index contributed by atoms with van der Waals surface area (Å²) in [6, 6.07) is 5.08. The minimum absolute atomic E-state index is 0.0257. The summed E-state index contributed by atoms with van der Waals surface area (Å²) in [5, 5.41) is 17.3. The van der Waals surface area contributed by atoms with Gasteiger partial charge in [0.1, 0.15) is 23.7 Å². The van der Waals surface area contributed by atoms with Crippen molar-refractivity contribution in [1.29, 1.82) is 0 Å². The summed E-state index contributed by atoms with van der Waals surface area (Å²) in [6.45, 7) is 3.95. The Kier molecular flexibility index (Phi) is 6.02. The molecule has 11 heteroatoms. The minimum Gasteiger partial charge on any atom is -0.496 e. The first-order chi connectivity index (χ1) is 14.3. The number of benzene rings is 1. The second kappa shape index (κ2) is 8.66. The maximum Gasteiger partial charge on any atom is 0.307 e. The fourth-order valence-corrected chi connectivity index (χ4v) is 3.13. The van der Waals surface area contributed by atoms with Crippen LogP contribution in [-0.2, 0) is 16.1 Å². The molecule has 0 unspecified atom stereocenters. The molecule has 2 amide bonds. The van der Waals surface area contributed by atoms with E-state index < -0.39 is 16.7 Å². The number of rotatable bonds is 7. The maximum absolute atomic E-state index is 12.7. The first-order valence-electron chi connectivity index (χ1n) is 8.67. The minimum atomic E-state index is -0.592. The second-order valence-electron chi connectivity index (χ2n) is 6.25. The van der Waals surface area contributed by atoms with Gasteiger partial charge in [-0.3, -0.25) is 34.6 Å². The molecule has 0 bridgehead atoms. The number of carbonyl (C=O) groups is 2. The number of methoxy groups -OCH3 is 1. The Morgan fingerprint density at radius 1 is 1.40 bits per heavy atom. The van der Waals surface area contributed by atoms with Crippen LogP contribution in [0.1, 0.15) is 11.1 Å². The Labute approximate surface area is 176 Å². The molecule has 2 aromatic rings. The lowest BCUT2D eigenvalue weighted by molar-refractivity contribution is -0.385. The topological polar surface area (TPSA) is 120 Å². The second-order valence-corrected chi connectivity index (χ2v) is 6.63. The van der Waals surface area contributed by atoms with E-state index in [4.69, 9.17) is 17.0 Å². The van der Waals surface area contributed by atoms with E-state index in [-0.39, 0.29) is 29.5 Å². The predicted molar refractivity (Wildman–Crippen MR) is 112 cm³/mol. The molecule has 3 rings (SSSR count). The van der Waals surface area contributed by atoms with Crippen molar-refractivity contribution in [1.82, 2.24) is 20.0 Å². The van der Waals surface area contributed by atoms with Crippen LogP contribution >= 0.6 is 12.2 Å². The van der Waals surface area contributed by atoms with Crippen molar-refractivity contribution in [3.63, 3.8) is 0 Å². The molecule has 1 saturated heterocycles. The van der Waals surface area contributed by atoms with Gasteiger partial charge >= 0.3 is 5.69 Å². The van der Waals surface area contributed by atoms with Crippen molar-refractivity contribution >= 4 is 40.9 Å². The first kappa shape index (κ1) is 20.9. The molecule has 30 heavy (non-hydrogen) atoms. The number of hydrogen-bond donors (Lipinski definition) is 1. The predicted octanol–water partition coefficient (Wildman–Crippen LogP) is 1.66. The molecule has 2 heterocycles. The van der Waals surface area contributed by atoms with Gasteiger partial charge in [-0.25, -0.2) is 0 Å². The van der Waals surface area contributed by atoms with E-state index in [1.807, 2.05) is 0 Å². The highest BCUT2D eigenvalue weighted by molar-refractivity contribution is 7.80. The van der Waals surface area contributed by atoms with Gasteiger partial charge in [0.05, 0.1) is 18.6 Å². The Morgan fingerprint density at radius 3 is 2.80 bits per heavy atom. The lowest BCUT2D eigenvalue weighted by Crippen LogP contribution is -2.53. The highest BCUT2D eigenvalue weighted by Gasteiger charge is 2.32. The lowest BCUT2D eigenvalue weighted by atomic mass is 10.0. The quantitative estimate of drug-likeness (QED) is 0.178. The van der Waals surface area contributed by atoms with Crippen LogP contribution in [-0.4, -0.2) is 50.2 Å². The smallest absolute Gasteiger partial charge is 0.307 e. The molecule has 0 radical (unpaired) electrons. The molecule has 154 valence electrons. The summed E-state index contributed by atoms with van der Waals surface area (Å²) in [6.07, 6.45) is 5.41. The van der Waals surface area contributed by atoms with Crippen LogP contribution < -0.4 is 10.1 Å². The maximum atomic E-state index is 12.7. The number of carbonyl (C=O) groups excluding carboxylic acids is 2. The van der Waals surface area contributed by atoms with Crippen LogP contribution in [0.3, 0.4) is 0 Å². The fraction of sp³-hybridized carbons (Fsp3) is 0.158. The molecular formula is C19H17N5O5S. The van der Waals surface area contributed by atoms with E-state index in [1.54, 1.807) is 18.2 Å². The Morgan fingerprint density at radius 2 is 2.17 bits per heavy atom. The third-order valence-corrected chi connectivity index (χ3v) is 4.60. The molecule has 0 spiro atoms.